The third-order valence-corrected chi connectivity index (χ3v) is 3.53. The summed E-state index contributed by atoms with van der Waals surface area (Å²) < 4.78 is 26.0. The SMILES string of the molecule is CC(C)(CCNC(C)(C)C)CCc1ccc(F)c(F)c1. The van der Waals surface area contributed by atoms with Crippen LogP contribution in [0.15, 0.2) is 18.2 Å². The van der Waals surface area contributed by atoms with E-state index < -0.39 is 11.6 Å². The quantitative estimate of drug-likeness (QED) is 0.798. The Hall–Kier alpha value is -0.960. The van der Waals surface area contributed by atoms with Crippen molar-refractivity contribution in [2.45, 2.75) is 59.4 Å². The molecule has 1 aromatic carbocycles. The molecule has 1 rings (SSSR count). The van der Waals surface area contributed by atoms with E-state index in [9.17, 15) is 8.78 Å². The van der Waals surface area contributed by atoms with Crippen LogP contribution in [0.3, 0.4) is 0 Å². The summed E-state index contributed by atoms with van der Waals surface area (Å²) in [5.41, 5.74) is 1.18. The van der Waals surface area contributed by atoms with Crippen LogP contribution in [0.5, 0.6) is 0 Å². The van der Waals surface area contributed by atoms with E-state index in [1.54, 1.807) is 6.07 Å². The Kier molecular flexibility index (Phi) is 5.69. The summed E-state index contributed by atoms with van der Waals surface area (Å²) in [6.07, 6.45) is 2.80. The van der Waals surface area contributed by atoms with Crippen LogP contribution in [0, 0.1) is 17.0 Å². The van der Waals surface area contributed by atoms with Crippen LogP contribution in [-0.2, 0) is 6.42 Å². The molecule has 20 heavy (non-hydrogen) atoms. The molecule has 0 atom stereocenters. The number of rotatable bonds is 6. The lowest BCUT2D eigenvalue weighted by molar-refractivity contribution is 0.284. The number of hydrogen-bond donors (Lipinski definition) is 1. The first-order valence-corrected chi connectivity index (χ1v) is 7.28. The van der Waals surface area contributed by atoms with E-state index in [0.717, 1.165) is 31.4 Å². The lowest BCUT2D eigenvalue weighted by Crippen LogP contribution is -2.38. The maximum atomic E-state index is 13.1. The number of halogens is 2. The van der Waals surface area contributed by atoms with Gasteiger partial charge in [-0.2, -0.15) is 0 Å². The summed E-state index contributed by atoms with van der Waals surface area (Å²) in [5.74, 6) is -1.53. The van der Waals surface area contributed by atoms with Crippen molar-refractivity contribution in [2.75, 3.05) is 6.54 Å². The Morgan fingerprint density at radius 3 is 2.15 bits per heavy atom. The molecular formula is C17H27F2N. The maximum Gasteiger partial charge on any atom is 0.159 e. The normalized spacial score (nSPS) is 12.8. The van der Waals surface area contributed by atoms with Crippen LogP contribution in [0.2, 0.25) is 0 Å². The zero-order valence-electron chi connectivity index (χ0n) is 13.3. The zero-order valence-corrected chi connectivity index (χ0v) is 13.3. The summed E-state index contributed by atoms with van der Waals surface area (Å²) in [4.78, 5) is 0. The van der Waals surface area contributed by atoms with Gasteiger partial charge in [-0.1, -0.05) is 19.9 Å². The number of aryl methyl sites for hydroxylation is 1. The van der Waals surface area contributed by atoms with Gasteiger partial charge in [-0.25, -0.2) is 8.78 Å². The van der Waals surface area contributed by atoms with Crippen molar-refractivity contribution in [1.29, 1.82) is 0 Å². The molecule has 0 aliphatic carbocycles. The average Bonchev–Trinajstić information content (AvgIpc) is 2.29. The minimum atomic E-state index is -0.776. The highest BCUT2D eigenvalue weighted by atomic mass is 19.2. The first kappa shape index (κ1) is 17.1. The second kappa shape index (κ2) is 6.66. The highest BCUT2D eigenvalue weighted by Crippen LogP contribution is 2.27. The van der Waals surface area contributed by atoms with E-state index >= 15 is 0 Å². The summed E-state index contributed by atoms with van der Waals surface area (Å²) in [6, 6.07) is 4.18. The Morgan fingerprint density at radius 2 is 1.60 bits per heavy atom. The van der Waals surface area contributed by atoms with E-state index in [0.29, 0.717) is 0 Å². The van der Waals surface area contributed by atoms with Gasteiger partial charge >= 0.3 is 0 Å². The molecule has 0 fully saturated rings. The van der Waals surface area contributed by atoms with E-state index in [1.807, 2.05) is 0 Å². The van der Waals surface area contributed by atoms with Crippen molar-refractivity contribution >= 4 is 0 Å². The fraction of sp³-hybridized carbons (Fsp3) is 0.647. The van der Waals surface area contributed by atoms with Crippen LogP contribution in [0.1, 0.15) is 53.0 Å². The highest BCUT2D eigenvalue weighted by molar-refractivity contribution is 5.18. The maximum absolute atomic E-state index is 13.1. The Morgan fingerprint density at radius 1 is 0.950 bits per heavy atom. The second-order valence-electron chi connectivity index (χ2n) is 7.34. The molecule has 1 N–H and O–H groups in total. The van der Waals surface area contributed by atoms with Crippen LogP contribution in [0.4, 0.5) is 8.78 Å². The fourth-order valence-corrected chi connectivity index (χ4v) is 2.08. The van der Waals surface area contributed by atoms with Crippen LogP contribution in [-0.4, -0.2) is 12.1 Å². The van der Waals surface area contributed by atoms with Gasteiger partial charge in [0.2, 0.25) is 0 Å². The van der Waals surface area contributed by atoms with E-state index in [2.05, 4.69) is 39.9 Å². The molecule has 1 nitrogen and oxygen atoms in total. The molecule has 1 aromatic rings. The molecule has 0 saturated carbocycles. The fourth-order valence-electron chi connectivity index (χ4n) is 2.08. The number of hydrogen-bond acceptors (Lipinski definition) is 1. The summed E-state index contributed by atoms with van der Waals surface area (Å²) >= 11 is 0. The van der Waals surface area contributed by atoms with Gasteiger partial charge in [-0.3, -0.25) is 0 Å². The Labute approximate surface area is 121 Å². The standard InChI is InChI=1S/C17H27F2N/c1-16(2,3)20-11-10-17(4,5)9-8-13-6-7-14(18)15(19)12-13/h6-7,12,20H,8-11H2,1-5H3. The average molecular weight is 283 g/mol. The van der Waals surface area contributed by atoms with Crippen LogP contribution < -0.4 is 5.32 Å². The predicted molar refractivity (Wildman–Crippen MR) is 80.8 cm³/mol. The minimum absolute atomic E-state index is 0.135. The van der Waals surface area contributed by atoms with Crippen molar-refractivity contribution < 1.29 is 8.78 Å². The van der Waals surface area contributed by atoms with Crippen molar-refractivity contribution in [1.82, 2.24) is 5.32 Å². The monoisotopic (exact) mass is 283 g/mol. The van der Waals surface area contributed by atoms with E-state index in [4.69, 9.17) is 0 Å². The molecule has 0 amide bonds. The third-order valence-electron chi connectivity index (χ3n) is 3.53. The van der Waals surface area contributed by atoms with Gasteiger partial charge in [-0.15, -0.1) is 0 Å². The molecule has 0 radical (unpaired) electrons. The molecule has 0 aliphatic heterocycles. The van der Waals surface area contributed by atoms with Crippen molar-refractivity contribution in [3.8, 4) is 0 Å². The van der Waals surface area contributed by atoms with Gasteiger partial charge in [0.05, 0.1) is 0 Å². The Balaban J connectivity index is 2.44. The molecular weight excluding hydrogens is 256 g/mol. The largest absolute Gasteiger partial charge is 0.312 e. The topological polar surface area (TPSA) is 12.0 Å². The molecule has 114 valence electrons. The minimum Gasteiger partial charge on any atom is -0.312 e. The van der Waals surface area contributed by atoms with Gasteiger partial charge in [-0.05, 0) is 69.7 Å². The third kappa shape index (κ3) is 6.47. The first-order valence-electron chi connectivity index (χ1n) is 7.28. The Bertz CT molecular complexity index is 433. The summed E-state index contributed by atoms with van der Waals surface area (Å²) in [5, 5.41) is 3.48. The molecule has 0 unspecified atom stereocenters. The summed E-state index contributed by atoms with van der Waals surface area (Å²) in [6.45, 7) is 11.9. The second-order valence-corrected chi connectivity index (χ2v) is 7.34. The predicted octanol–water partition coefficient (Wildman–Crippen LogP) is 4.70. The molecule has 0 heterocycles. The molecule has 0 spiro atoms. The molecule has 3 heteroatoms. The van der Waals surface area contributed by atoms with Gasteiger partial charge in [0.15, 0.2) is 11.6 Å². The van der Waals surface area contributed by atoms with Crippen LogP contribution >= 0.6 is 0 Å². The van der Waals surface area contributed by atoms with Crippen LogP contribution in [0.25, 0.3) is 0 Å². The lowest BCUT2D eigenvalue weighted by atomic mass is 9.83. The molecule has 0 aliphatic rings. The smallest absolute Gasteiger partial charge is 0.159 e. The molecule has 0 saturated heterocycles. The first-order chi connectivity index (χ1) is 9.09. The zero-order chi connectivity index (χ0) is 15.4. The molecule has 0 bridgehead atoms. The number of nitrogens with one attached hydrogen (secondary N) is 1. The van der Waals surface area contributed by atoms with Crippen molar-refractivity contribution in [3.63, 3.8) is 0 Å². The van der Waals surface area contributed by atoms with E-state index in [-0.39, 0.29) is 11.0 Å². The summed E-state index contributed by atoms with van der Waals surface area (Å²) in [7, 11) is 0. The van der Waals surface area contributed by atoms with Crippen molar-refractivity contribution in [3.05, 3.63) is 35.4 Å². The van der Waals surface area contributed by atoms with E-state index in [1.165, 1.54) is 12.1 Å². The van der Waals surface area contributed by atoms with Gasteiger partial charge in [0.1, 0.15) is 0 Å². The lowest BCUT2D eigenvalue weighted by Gasteiger charge is -2.28. The van der Waals surface area contributed by atoms with Gasteiger partial charge < -0.3 is 5.32 Å². The molecule has 0 aromatic heterocycles. The van der Waals surface area contributed by atoms with Crippen molar-refractivity contribution in [2.24, 2.45) is 5.41 Å². The number of benzene rings is 1. The highest BCUT2D eigenvalue weighted by Gasteiger charge is 2.19. The van der Waals surface area contributed by atoms with Gasteiger partial charge in [0, 0.05) is 5.54 Å². The van der Waals surface area contributed by atoms with Gasteiger partial charge in [0.25, 0.3) is 0 Å².